The van der Waals surface area contributed by atoms with E-state index in [1.54, 1.807) is 0 Å². The predicted molar refractivity (Wildman–Crippen MR) is 77.6 cm³/mol. The minimum absolute atomic E-state index is 0.0281. The number of allylic oxidation sites excluding steroid dienone is 1. The van der Waals surface area contributed by atoms with Gasteiger partial charge in [-0.3, -0.25) is 0 Å². The summed E-state index contributed by atoms with van der Waals surface area (Å²) in [5, 5.41) is 8.80. The van der Waals surface area contributed by atoms with Crippen LogP contribution in [-0.4, -0.2) is 26.0 Å². The summed E-state index contributed by atoms with van der Waals surface area (Å²) in [4.78, 5) is 10.8. The Bertz CT molecular complexity index is 616. The molecule has 5 nitrogen and oxygen atoms in total. The normalized spacial score (nSPS) is 15.9. The van der Waals surface area contributed by atoms with Crippen LogP contribution in [-0.2, 0) is 10.0 Å². The molecule has 0 atom stereocenters. The molecule has 7 heteroatoms. The molecule has 0 saturated carbocycles. The number of rotatable bonds is 6. The van der Waals surface area contributed by atoms with Gasteiger partial charge in [0.25, 0.3) is 0 Å². The quantitative estimate of drug-likeness (QED) is 0.790. The topological polar surface area (TPSA) is 83.5 Å². The molecule has 0 spiro atoms. The van der Waals surface area contributed by atoms with Gasteiger partial charge in [-0.15, -0.1) is 11.3 Å². The van der Waals surface area contributed by atoms with E-state index in [1.807, 2.05) is 0 Å². The lowest BCUT2D eigenvalue weighted by atomic mass is 9.97. The minimum Gasteiger partial charge on any atom is -0.477 e. The van der Waals surface area contributed by atoms with Crippen LogP contribution >= 0.6 is 11.3 Å². The smallest absolute Gasteiger partial charge is 0.345 e. The Labute approximate surface area is 122 Å². The number of carbonyl (C=O) groups is 1. The molecule has 1 aliphatic rings. The molecule has 0 aliphatic heterocycles. The molecule has 2 rings (SSSR count). The molecule has 110 valence electrons. The van der Waals surface area contributed by atoms with Crippen molar-refractivity contribution in [2.45, 2.75) is 36.3 Å². The fourth-order valence-electron chi connectivity index (χ4n) is 2.13. The summed E-state index contributed by atoms with van der Waals surface area (Å²) < 4.78 is 26.6. The van der Waals surface area contributed by atoms with Crippen LogP contribution < -0.4 is 4.72 Å². The third kappa shape index (κ3) is 3.91. The van der Waals surface area contributed by atoms with Gasteiger partial charge in [0.1, 0.15) is 9.09 Å². The average Bonchev–Trinajstić information content (AvgIpc) is 2.90. The zero-order chi connectivity index (χ0) is 14.6. The van der Waals surface area contributed by atoms with Gasteiger partial charge in [-0.2, -0.15) is 0 Å². The number of sulfonamides is 1. The van der Waals surface area contributed by atoms with Crippen molar-refractivity contribution in [2.75, 3.05) is 6.54 Å². The maximum absolute atomic E-state index is 12.0. The number of aromatic carboxylic acids is 1. The van der Waals surface area contributed by atoms with E-state index in [2.05, 4.69) is 10.8 Å². The summed E-state index contributed by atoms with van der Waals surface area (Å²) in [7, 11) is -3.60. The minimum atomic E-state index is -3.60. The molecule has 0 bridgehead atoms. The van der Waals surface area contributed by atoms with Crippen molar-refractivity contribution in [3.8, 4) is 0 Å². The van der Waals surface area contributed by atoms with E-state index in [0.29, 0.717) is 6.54 Å². The first-order valence-corrected chi connectivity index (χ1v) is 8.80. The van der Waals surface area contributed by atoms with E-state index < -0.39 is 16.0 Å². The molecule has 2 N–H and O–H groups in total. The van der Waals surface area contributed by atoms with Crippen LogP contribution in [0, 0.1) is 0 Å². The molecule has 0 fully saturated rings. The van der Waals surface area contributed by atoms with E-state index in [4.69, 9.17) is 5.11 Å². The van der Waals surface area contributed by atoms with Gasteiger partial charge in [0.15, 0.2) is 0 Å². The van der Waals surface area contributed by atoms with Crippen LogP contribution in [0.15, 0.2) is 28.0 Å². The van der Waals surface area contributed by atoms with Gasteiger partial charge >= 0.3 is 5.97 Å². The summed E-state index contributed by atoms with van der Waals surface area (Å²) in [6.45, 7) is 0.356. The SMILES string of the molecule is O=C(O)c1ccc(S(=O)(=O)NCCC2=CCCCC2)s1. The molecule has 0 aromatic carbocycles. The zero-order valence-electron chi connectivity index (χ0n) is 11.0. The molecule has 0 amide bonds. The first kappa shape index (κ1) is 15.2. The first-order chi connectivity index (χ1) is 9.49. The number of hydrogen-bond donors (Lipinski definition) is 2. The van der Waals surface area contributed by atoms with Crippen LogP contribution in [0.25, 0.3) is 0 Å². The van der Waals surface area contributed by atoms with Gasteiger partial charge in [0.2, 0.25) is 10.0 Å². The average molecular weight is 315 g/mol. The van der Waals surface area contributed by atoms with Gasteiger partial charge in [0, 0.05) is 6.54 Å². The van der Waals surface area contributed by atoms with Crippen molar-refractivity contribution < 1.29 is 18.3 Å². The van der Waals surface area contributed by atoms with Crippen molar-refractivity contribution in [2.24, 2.45) is 0 Å². The fourth-order valence-corrected chi connectivity index (χ4v) is 4.35. The predicted octanol–water partition coefficient (Wildman–Crippen LogP) is 2.62. The van der Waals surface area contributed by atoms with Crippen molar-refractivity contribution in [3.05, 3.63) is 28.7 Å². The van der Waals surface area contributed by atoms with E-state index in [0.717, 1.165) is 30.6 Å². The number of hydrogen-bond acceptors (Lipinski definition) is 4. The van der Waals surface area contributed by atoms with Crippen LogP contribution in [0.2, 0.25) is 0 Å². The number of carboxylic acid groups (broad SMARTS) is 1. The van der Waals surface area contributed by atoms with Gasteiger partial charge in [-0.25, -0.2) is 17.9 Å². The fraction of sp³-hybridized carbons (Fsp3) is 0.462. The molecule has 1 aromatic heterocycles. The lowest BCUT2D eigenvalue weighted by molar-refractivity contribution is 0.0702. The Balaban J connectivity index is 1.93. The molecular formula is C13H17NO4S2. The largest absolute Gasteiger partial charge is 0.477 e. The second-order valence-electron chi connectivity index (χ2n) is 4.68. The molecule has 1 aromatic rings. The van der Waals surface area contributed by atoms with Gasteiger partial charge in [-0.05, 0) is 44.2 Å². The maximum Gasteiger partial charge on any atom is 0.345 e. The van der Waals surface area contributed by atoms with Crippen molar-refractivity contribution in [1.82, 2.24) is 4.72 Å². The second kappa shape index (κ2) is 6.51. The van der Waals surface area contributed by atoms with E-state index in [9.17, 15) is 13.2 Å². The molecule has 0 radical (unpaired) electrons. The highest BCUT2D eigenvalue weighted by atomic mass is 32.2. The van der Waals surface area contributed by atoms with Crippen LogP contribution in [0.3, 0.4) is 0 Å². The summed E-state index contributed by atoms with van der Waals surface area (Å²) in [6.07, 6.45) is 7.41. The standard InChI is InChI=1S/C13H17NO4S2/c15-13(16)11-6-7-12(19-11)20(17,18)14-9-8-10-4-2-1-3-5-10/h4,6-7,14H,1-3,5,8-9H2,(H,15,16). The monoisotopic (exact) mass is 315 g/mol. The van der Waals surface area contributed by atoms with Crippen LogP contribution in [0.5, 0.6) is 0 Å². The third-order valence-corrected chi connectivity index (χ3v) is 6.21. The number of thiophene rings is 1. The molecule has 1 aliphatic carbocycles. The maximum atomic E-state index is 12.0. The Kier molecular flexibility index (Phi) is 4.95. The Hall–Kier alpha value is -1.18. The summed E-state index contributed by atoms with van der Waals surface area (Å²) >= 11 is 0.769. The van der Waals surface area contributed by atoms with E-state index >= 15 is 0 Å². The van der Waals surface area contributed by atoms with Gasteiger partial charge in [0.05, 0.1) is 0 Å². The lowest BCUT2D eigenvalue weighted by Crippen LogP contribution is -2.24. The molecule has 1 heterocycles. The Morgan fingerprint density at radius 3 is 2.75 bits per heavy atom. The lowest BCUT2D eigenvalue weighted by Gasteiger charge is -2.12. The zero-order valence-corrected chi connectivity index (χ0v) is 12.6. The Morgan fingerprint density at radius 2 is 2.15 bits per heavy atom. The van der Waals surface area contributed by atoms with E-state index in [1.165, 1.54) is 30.5 Å². The summed E-state index contributed by atoms with van der Waals surface area (Å²) in [5.74, 6) is -1.11. The second-order valence-corrected chi connectivity index (χ2v) is 7.76. The Morgan fingerprint density at radius 1 is 1.35 bits per heavy atom. The number of nitrogens with one attached hydrogen (secondary N) is 1. The molecule has 0 unspecified atom stereocenters. The third-order valence-electron chi connectivity index (χ3n) is 3.18. The molecular weight excluding hydrogens is 298 g/mol. The molecule has 0 saturated heterocycles. The number of carboxylic acids is 1. The van der Waals surface area contributed by atoms with E-state index in [-0.39, 0.29) is 9.09 Å². The highest BCUT2D eigenvalue weighted by Crippen LogP contribution is 2.22. The summed E-state index contributed by atoms with van der Waals surface area (Å²) in [6, 6.07) is 2.64. The van der Waals surface area contributed by atoms with Gasteiger partial charge < -0.3 is 5.11 Å². The van der Waals surface area contributed by atoms with Gasteiger partial charge in [-0.1, -0.05) is 11.6 Å². The summed E-state index contributed by atoms with van der Waals surface area (Å²) in [5.41, 5.74) is 1.30. The highest BCUT2D eigenvalue weighted by molar-refractivity contribution is 7.91. The first-order valence-electron chi connectivity index (χ1n) is 6.50. The van der Waals surface area contributed by atoms with Crippen molar-refractivity contribution in [1.29, 1.82) is 0 Å². The van der Waals surface area contributed by atoms with Crippen LogP contribution in [0.1, 0.15) is 41.8 Å². The highest BCUT2D eigenvalue weighted by Gasteiger charge is 2.18. The molecule has 20 heavy (non-hydrogen) atoms. The van der Waals surface area contributed by atoms with Crippen molar-refractivity contribution in [3.63, 3.8) is 0 Å². The van der Waals surface area contributed by atoms with Crippen LogP contribution in [0.4, 0.5) is 0 Å². The van der Waals surface area contributed by atoms with Crippen molar-refractivity contribution >= 4 is 27.3 Å².